The average molecular weight is 552 g/mol. The zero-order valence-electron chi connectivity index (χ0n) is 20.4. The Labute approximate surface area is 227 Å². The van der Waals surface area contributed by atoms with Crippen LogP contribution in [0.5, 0.6) is 5.75 Å². The zero-order valence-corrected chi connectivity index (χ0v) is 21.9. The molecule has 0 aliphatic carbocycles. The molecule has 1 aromatic carbocycles. The molecule has 0 bridgehead atoms. The third-order valence-corrected chi connectivity index (χ3v) is 7.90. The fraction of sp³-hybridized carbons (Fsp3) is 0.308. The standard InChI is InChI=1S/C26H23Cl2N7O3/c1-14(22-18(27)12-29-13-19(22)28)38-16-2-3-20-17(8-16)23(34-33-20)15-10-30-25(31-11-15)35-6-4-26(5-7-35)9-21(36)32-24(26)37/h2-3,8,10-14H,4-7,9H2,1H3,(H,33,34)(H,32,36,37). The number of ether oxygens (including phenoxy) is 1. The van der Waals surface area contributed by atoms with E-state index < -0.39 is 11.5 Å². The van der Waals surface area contributed by atoms with Gasteiger partial charge in [0.2, 0.25) is 17.8 Å². The molecule has 5 heterocycles. The Morgan fingerprint density at radius 2 is 1.76 bits per heavy atom. The Morgan fingerprint density at radius 3 is 2.42 bits per heavy atom. The number of amides is 2. The lowest BCUT2D eigenvalue weighted by Gasteiger charge is -2.36. The van der Waals surface area contributed by atoms with Crippen molar-refractivity contribution in [3.8, 4) is 17.0 Å². The van der Waals surface area contributed by atoms with Gasteiger partial charge in [0.25, 0.3) is 0 Å². The number of H-pyrrole nitrogens is 1. The lowest BCUT2D eigenvalue weighted by Crippen LogP contribution is -2.44. The first-order chi connectivity index (χ1) is 18.3. The van der Waals surface area contributed by atoms with Gasteiger partial charge in [-0.1, -0.05) is 23.2 Å². The normalized spacial score (nSPS) is 17.7. The molecule has 12 heteroatoms. The molecule has 2 amide bonds. The second-order valence-electron chi connectivity index (χ2n) is 9.65. The number of hydrogen-bond acceptors (Lipinski definition) is 8. The van der Waals surface area contributed by atoms with Crippen LogP contribution in [0.3, 0.4) is 0 Å². The molecule has 2 saturated heterocycles. The fourth-order valence-electron chi connectivity index (χ4n) is 5.20. The monoisotopic (exact) mass is 551 g/mol. The molecule has 1 unspecified atom stereocenters. The maximum atomic E-state index is 12.3. The highest BCUT2D eigenvalue weighted by Gasteiger charge is 2.48. The lowest BCUT2D eigenvalue weighted by molar-refractivity contribution is -0.129. The van der Waals surface area contributed by atoms with Gasteiger partial charge in [0.05, 0.1) is 21.0 Å². The molecule has 6 rings (SSSR count). The van der Waals surface area contributed by atoms with Crippen molar-refractivity contribution in [1.29, 1.82) is 0 Å². The number of nitrogens with zero attached hydrogens (tertiary/aromatic N) is 5. The molecule has 38 heavy (non-hydrogen) atoms. The number of hydrogen-bond donors (Lipinski definition) is 2. The number of aromatic nitrogens is 5. The Balaban J connectivity index is 1.20. The first-order valence-electron chi connectivity index (χ1n) is 12.2. The number of nitrogens with one attached hydrogen (secondary N) is 2. The van der Waals surface area contributed by atoms with E-state index >= 15 is 0 Å². The Bertz CT molecular complexity index is 1530. The van der Waals surface area contributed by atoms with E-state index in [0.717, 1.165) is 16.5 Å². The number of anilines is 1. The number of benzene rings is 1. The van der Waals surface area contributed by atoms with Crippen molar-refractivity contribution in [2.75, 3.05) is 18.0 Å². The van der Waals surface area contributed by atoms with E-state index in [1.165, 1.54) is 12.4 Å². The van der Waals surface area contributed by atoms with Gasteiger partial charge in [-0.05, 0) is 38.0 Å². The SMILES string of the molecule is CC(Oc1ccc2[nH]nc(-c3cnc(N4CCC5(CC4)CC(=O)NC5=O)nc3)c2c1)c1c(Cl)cncc1Cl. The first-order valence-corrected chi connectivity index (χ1v) is 12.9. The van der Waals surface area contributed by atoms with Crippen LogP contribution in [-0.4, -0.2) is 50.1 Å². The lowest BCUT2D eigenvalue weighted by atomic mass is 9.77. The Hall–Kier alpha value is -3.76. The van der Waals surface area contributed by atoms with Gasteiger partial charge < -0.3 is 9.64 Å². The van der Waals surface area contributed by atoms with Crippen molar-refractivity contribution in [2.45, 2.75) is 32.3 Å². The summed E-state index contributed by atoms with van der Waals surface area (Å²) in [6, 6.07) is 5.65. The number of halogens is 2. The third-order valence-electron chi connectivity index (χ3n) is 7.29. The molecule has 0 saturated carbocycles. The Kier molecular flexibility index (Phi) is 6.16. The summed E-state index contributed by atoms with van der Waals surface area (Å²) in [6.07, 6.45) is 7.61. The highest BCUT2D eigenvalue weighted by atomic mass is 35.5. The Morgan fingerprint density at radius 1 is 1.05 bits per heavy atom. The minimum atomic E-state index is -0.590. The number of carbonyl (C=O) groups excluding carboxylic acids is 2. The summed E-state index contributed by atoms with van der Waals surface area (Å²) < 4.78 is 6.16. The van der Waals surface area contributed by atoms with Gasteiger partial charge in [-0.3, -0.25) is 25.0 Å². The molecule has 1 atom stereocenters. The third kappa shape index (κ3) is 4.33. The molecule has 1 spiro atoms. The van der Waals surface area contributed by atoms with Crippen molar-refractivity contribution in [2.24, 2.45) is 5.41 Å². The van der Waals surface area contributed by atoms with Crippen LogP contribution < -0.4 is 15.0 Å². The van der Waals surface area contributed by atoms with Crippen molar-refractivity contribution >= 4 is 51.9 Å². The van der Waals surface area contributed by atoms with Crippen LogP contribution in [0.4, 0.5) is 5.95 Å². The minimum absolute atomic E-state index is 0.159. The number of aromatic amines is 1. The maximum absolute atomic E-state index is 12.3. The highest BCUT2D eigenvalue weighted by molar-refractivity contribution is 6.35. The second kappa shape index (κ2) is 9.52. The van der Waals surface area contributed by atoms with Crippen molar-refractivity contribution < 1.29 is 14.3 Å². The van der Waals surface area contributed by atoms with Gasteiger partial charge in [-0.15, -0.1) is 0 Å². The topological polar surface area (TPSA) is 126 Å². The van der Waals surface area contributed by atoms with E-state index in [0.29, 0.717) is 58.9 Å². The van der Waals surface area contributed by atoms with Crippen molar-refractivity contribution in [3.05, 3.63) is 58.6 Å². The smallest absolute Gasteiger partial charge is 0.233 e. The zero-order chi connectivity index (χ0) is 26.4. The van der Waals surface area contributed by atoms with E-state index in [1.54, 1.807) is 12.4 Å². The van der Waals surface area contributed by atoms with Gasteiger partial charge in [-0.2, -0.15) is 5.10 Å². The first kappa shape index (κ1) is 24.6. The van der Waals surface area contributed by atoms with E-state index in [-0.39, 0.29) is 18.2 Å². The van der Waals surface area contributed by atoms with Crippen molar-refractivity contribution in [1.82, 2.24) is 30.5 Å². The van der Waals surface area contributed by atoms with Gasteiger partial charge in [0.15, 0.2) is 0 Å². The van der Waals surface area contributed by atoms with Gasteiger partial charge in [0.1, 0.15) is 17.5 Å². The van der Waals surface area contributed by atoms with E-state index in [9.17, 15) is 9.59 Å². The molecular formula is C26H23Cl2N7O3. The molecular weight excluding hydrogens is 529 g/mol. The van der Waals surface area contributed by atoms with Gasteiger partial charge in [0, 0.05) is 60.8 Å². The fourth-order valence-corrected chi connectivity index (χ4v) is 5.87. The van der Waals surface area contributed by atoms with Crippen LogP contribution >= 0.6 is 23.2 Å². The maximum Gasteiger partial charge on any atom is 0.233 e. The molecule has 0 radical (unpaired) electrons. The van der Waals surface area contributed by atoms with E-state index in [1.807, 2.05) is 30.0 Å². The quantitative estimate of drug-likeness (QED) is 0.347. The number of carbonyl (C=O) groups is 2. The summed E-state index contributed by atoms with van der Waals surface area (Å²) in [6.45, 7) is 3.09. The molecule has 10 nitrogen and oxygen atoms in total. The number of imide groups is 1. The van der Waals surface area contributed by atoms with Gasteiger partial charge in [-0.25, -0.2) is 9.97 Å². The van der Waals surface area contributed by atoms with Crippen LogP contribution in [0.1, 0.15) is 37.9 Å². The molecule has 4 aromatic rings. The number of fused-ring (bicyclic) bond motifs is 1. The van der Waals surface area contributed by atoms with Crippen LogP contribution in [0, 0.1) is 5.41 Å². The summed E-state index contributed by atoms with van der Waals surface area (Å²) in [4.78, 5) is 39.1. The van der Waals surface area contributed by atoms with Crippen LogP contribution in [-0.2, 0) is 9.59 Å². The predicted octanol–water partition coefficient (Wildman–Crippen LogP) is 4.49. The largest absolute Gasteiger partial charge is 0.486 e. The summed E-state index contributed by atoms with van der Waals surface area (Å²) in [5, 5.41) is 11.7. The van der Waals surface area contributed by atoms with Crippen molar-refractivity contribution in [3.63, 3.8) is 0 Å². The minimum Gasteiger partial charge on any atom is -0.486 e. The summed E-state index contributed by atoms with van der Waals surface area (Å²) in [5.41, 5.74) is 2.37. The number of rotatable bonds is 5. The summed E-state index contributed by atoms with van der Waals surface area (Å²) >= 11 is 12.6. The highest BCUT2D eigenvalue weighted by Crippen LogP contribution is 2.39. The summed E-state index contributed by atoms with van der Waals surface area (Å²) in [7, 11) is 0. The molecule has 2 aliphatic rings. The average Bonchev–Trinajstić information content (AvgIpc) is 3.44. The van der Waals surface area contributed by atoms with Crippen LogP contribution in [0.25, 0.3) is 22.2 Å². The van der Waals surface area contributed by atoms with Crippen LogP contribution in [0.15, 0.2) is 43.0 Å². The molecule has 2 N–H and O–H groups in total. The van der Waals surface area contributed by atoms with Crippen LogP contribution in [0.2, 0.25) is 10.0 Å². The molecule has 3 aromatic heterocycles. The van der Waals surface area contributed by atoms with E-state index in [4.69, 9.17) is 27.9 Å². The molecule has 2 fully saturated rings. The molecule has 194 valence electrons. The molecule has 2 aliphatic heterocycles. The summed E-state index contributed by atoms with van der Waals surface area (Å²) in [5.74, 6) is 0.861. The van der Waals surface area contributed by atoms with E-state index in [2.05, 4.69) is 30.5 Å². The number of pyridine rings is 1. The predicted molar refractivity (Wildman–Crippen MR) is 142 cm³/mol. The number of piperidine rings is 1. The second-order valence-corrected chi connectivity index (χ2v) is 10.5. The van der Waals surface area contributed by atoms with Gasteiger partial charge >= 0.3 is 0 Å².